The van der Waals surface area contributed by atoms with Gasteiger partial charge < -0.3 is 16.5 Å². The smallest absolute Gasteiger partial charge is 0.253 e. The maximum atomic E-state index is 11.2. The van der Waals surface area contributed by atoms with Gasteiger partial charge in [-0.3, -0.25) is 4.79 Å². The average molecular weight is 263 g/mol. The van der Waals surface area contributed by atoms with Gasteiger partial charge in [-0.1, -0.05) is 6.07 Å². The van der Waals surface area contributed by atoms with Gasteiger partial charge in [0.15, 0.2) is 5.16 Å². The number of H-pyrrole nitrogens is 1. The Morgan fingerprint density at radius 1 is 1.44 bits per heavy atom. The molecule has 2 heterocycles. The summed E-state index contributed by atoms with van der Waals surface area (Å²) in [4.78, 5) is 22.0. The molecule has 0 saturated carbocycles. The number of nitrogen functional groups attached to an aromatic ring is 1. The molecule has 0 aromatic carbocycles. The van der Waals surface area contributed by atoms with Crippen LogP contribution in [0.25, 0.3) is 0 Å². The maximum absolute atomic E-state index is 11.2. The van der Waals surface area contributed by atoms with Gasteiger partial charge in [0, 0.05) is 18.3 Å². The predicted octanol–water partition coefficient (Wildman–Crippen LogP) is 0.918. The minimum Gasteiger partial charge on any atom is -0.383 e. The molecular formula is C11H13N5OS. The van der Waals surface area contributed by atoms with E-state index in [1.165, 1.54) is 17.8 Å². The lowest BCUT2D eigenvalue weighted by molar-refractivity contribution is 0.806. The van der Waals surface area contributed by atoms with Crippen molar-refractivity contribution >= 4 is 17.6 Å². The van der Waals surface area contributed by atoms with Crippen molar-refractivity contribution in [2.75, 3.05) is 5.73 Å². The van der Waals surface area contributed by atoms with Crippen LogP contribution in [0.2, 0.25) is 0 Å². The van der Waals surface area contributed by atoms with E-state index in [9.17, 15) is 4.79 Å². The van der Waals surface area contributed by atoms with Gasteiger partial charge in [-0.15, -0.1) is 0 Å². The summed E-state index contributed by atoms with van der Waals surface area (Å²) in [7, 11) is 0. The predicted molar refractivity (Wildman–Crippen MR) is 70.2 cm³/mol. The Morgan fingerprint density at radius 3 is 2.78 bits per heavy atom. The molecule has 6 nitrogen and oxygen atoms in total. The molecule has 0 bridgehead atoms. The molecule has 0 radical (unpaired) electrons. The summed E-state index contributed by atoms with van der Waals surface area (Å²) < 4.78 is 0. The van der Waals surface area contributed by atoms with Crippen LogP contribution in [0.3, 0.4) is 0 Å². The molecule has 0 amide bonds. The van der Waals surface area contributed by atoms with Crippen LogP contribution in [0, 0.1) is 0 Å². The lowest BCUT2D eigenvalue weighted by Gasteiger charge is -2.05. The number of hydrogen-bond acceptors (Lipinski definition) is 6. The second-order valence-electron chi connectivity index (χ2n) is 3.80. The Hall–Kier alpha value is -1.86. The summed E-state index contributed by atoms with van der Waals surface area (Å²) in [6, 6.07) is 4.90. The molecule has 0 fully saturated rings. The zero-order valence-corrected chi connectivity index (χ0v) is 10.6. The van der Waals surface area contributed by atoms with Crippen molar-refractivity contribution in [2.45, 2.75) is 23.1 Å². The van der Waals surface area contributed by atoms with E-state index in [1.54, 1.807) is 6.20 Å². The quantitative estimate of drug-likeness (QED) is 0.710. The number of nitrogens with two attached hydrogens (primary N) is 2. The highest BCUT2D eigenvalue weighted by molar-refractivity contribution is 7.99. The Balaban J connectivity index is 2.20. The first-order valence-corrected chi connectivity index (χ1v) is 6.12. The summed E-state index contributed by atoms with van der Waals surface area (Å²) in [6.45, 7) is 1.89. The molecule has 0 aliphatic carbocycles. The molecule has 0 spiro atoms. The molecule has 0 unspecified atom stereocenters. The normalized spacial score (nSPS) is 12.3. The van der Waals surface area contributed by atoms with E-state index < -0.39 is 0 Å². The largest absolute Gasteiger partial charge is 0.383 e. The van der Waals surface area contributed by atoms with E-state index in [0.717, 1.165) is 5.56 Å². The topological polar surface area (TPSA) is 111 Å². The molecule has 18 heavy (non-hydrogen) atoms. The fourth-order valence-corrected chi connectivity index (χ4v) is 2.06. The first kappa shape index (κ1) is 12.6. The Labute approximate surface area is 108 Å². The van der Waals surface area contributed by atoms with Gasteiger partial charge in [0.25, 0.3) is 5.56 Å². The van der Waals surface area contributed by atoms with E-state index in [4.69, 9.17) is 11.5 Å². The van der Waals surface area contributed by atoms with Crippen molar-refractivity contribution in [2.24, 2.45) is 5.73 Å². The zero-order chi connectivity index (χ0) is 13.1. The number of hydrogen-bond donors (Lipinski definition) is 3. The summed E-state index contributed by atoms with van der Waals surface area (Å²) in [5.74, 6) is 0.188. The van der Waals surface area contributed by atoms with E-state index >= 15 is 0 Å². The molecule has 0 aliphatic rings. The molecule has 5 N–H and O–H groups in total. The Morgan fingerprint density at radius 2 is 2.22 bits per heavy atom. The Kier molecular flexibility index (Phi) is 3.63. The van der Waals surface area contributed by atoms with Crippen molar-refractivity contribution in [3.8, 4) is 0 Å². The first-order chi connectivity index (χ1) is 8.54. The van der Waals surface area contributed by atoms with Crippen LogP contribution < -0.4 is 17.0 Å². The van der Waals surface area contributed by atoms with Crippen molar-refractivity contribution in [1.82, 2.24) is 15.0 Å². The second kappa shape index (κ2) is 5.19. The third-order valence-corrected chi connectivity index (χ3v) is 3.06. The number of nitrogens with zero attached hydrogens (tertiary/aromatic N) is 2. The van der Waals surface area contributed by atoms with Crippen LogP contribution in [-0.4, -0.2) is 15.0 Å². The molecular weight excluding hydrogens is 250 g/mol. The summed E-state index contributed by atoms with van der Waals surface area (Å²) >= 11 is 1.24. The van der Waals surface area contributed by atoms with E-state index in [1.807, 2.05) is 19.1 Å². The second-order valence-corrected chi connectivity index (χ2v) is 4.81. The summed E-state index contributed by atoms with van der Waals surface area (Å²) in [6.07, 6.45) is 1.71. The van der Waals surface area contributed by atoms with Crippen molar-refractivity contribution < 1.29 is 0 Å². The van der Waals surface area contributed by atoms with Crippen LogP contribution >= 0.6 is 11.8 Å². The van der Waals surface area contributed by atoms with Crippen molar-refractivity contribution in [1.29, 1.82) is 0 Å². The minimum absolute atomic E-state index is 0.0538. The monoisotopic (exact) mass is 263 g/mol. The molecule has 7 heteroatoms. The molecule has 94 valence electrons. The fourth-order valence-electron chi connectivity index (χ4n) is 1.32. The average Bonchev–Trinajstić information content (AvgIpc) is 2.28. The van der Waals surface area contributed by atoms with E-state index in [0.29, 0.717) is 10.2 Å². The molecule has 1 atom stereocenters. The van der Waals surface area contributed by atoms with Gasteiger partial charge in [0.2, 0.25) is 0 Å². The number of aromatic nitrogens is 3. The minimum atomic E-state index is -0.280. The van der Waals surface area contributed by atoms with Crippen molar-refractivity contribution in [3.05, 3.63) is 40.3 Å². The molecule has 2 rings (SSSR count). The summed E-state index contributed by atoms with van der Waals surface area (Å²) in [5.41, 5.74) is 11.9. The van der Waals surface area contributed by atoms with E-state index in [2.05, 4.69) is 15.0 Å². The highest BCUT2D eigenvalue weighted by atomic mass is 32.2. The number of rotatable bonds is 3. The number of aromatic amines is 1. The Bertz CT molecular complexity index is 593. The van der Waals surface area contributed by atoms with Gasteiger partial charge in [-0.05, 0) is 30.3 Å². The van der Waals surface area contributed by atoms with Gasteiger partial charge in [-0.25, -0.2) is 9.97 Å². The highest BCUT2D eigenvalue weighted by Gasteiger charge is 2.04. The molecule has 0 saturated heterocycles. The van der Waals surface area contributed by atoms with Crippen LogP contribution in [-0.2, 0) is 0 Å². The van der Waals surface area contributed by atoms with Gasteiger partial charge in [-0.2, -0.15) is 0 Å². The SMILES string of the molecule is C[C@H](N)c1ccc(Sc2nc(N)cc(=O)[nH]2)nc1. The van der Waals surface area contributed by atoms with Crippen LogP contribution in [0.15, 0.2) is 39.4 Å². The third kappa shape index (κ3) is 3.08. The lowest BCUT2D eigenvalue weighted by atomic mass is 10.2. The van der Waals surface area contributed by atoms with Gasteiger partial charge in [0.05, 0.1) is 0 Å². The molecule has 2 aromatic rings. The zero-order valence-electron chi connectivity index (χ0n) is 9.75. The van der Waals surface area contributed by atoms with Crippen LogP contribution in [0.5, 0.6) is 0 Å². The highest BCUT2D eigenvalue weighted by Crippen LogP contribution is 2.22. The van der Waals surface area contributed by atoms with Crippen LogP contribution in [0.4, 0.5) is 5.82 Å². The molecule has 0 aliphatic heterocycles. The van der Waals surface area contributed by atoms with Gasteiger partial charge in [0.1, 0.15) is 10.8 Å². The number of nitrogens with one attached hydrogen (secondary N) is 1. The van der Waals surface area contributed by atoms with Crippen molar-refractivity contribution in [3.63, 3.8) is 0 Å². The van der Waals surface area contributed by atoms with E-state index in [-0.39, 0.29) is 17.4 Å². The third-order valence-electron chi connectivity index (χ3n) is 2.23. The van der Waals surface area contributed by atoms with Gasteiger partial charge >= 0.3 is 0 Å². The number of pyridine rings is 1. The fraction of sp³-hybridized carbons (Fsp3) is 0.182. The van der Waals surface area contributed by atoms with Crippen LogP contribution in [0.1, 0.15) is 18.5 Å². The first-order valence-electron chi connectivity index (χ1n) is 5.31. The molecule has 2 aromatic heterocycles. The lowest BCUT2D eigenvalue weighted by Crippen LogP contribution is -2.09. The maximum Gasteiger partial charge on any atom is 0.253 e. The summed E-state index contributed by atoms with van der Waals surface area (Å²) in [5, 5.41) is 1.13. The number of anilines is 1. The standard InChI is InChI=1S/C11H13N5OS/c1-6(12)7-2-3-10(14-5-7)18-11-15-8(13)4-9(17)16-11/h2-6H,12H2,1H3,(H3,13,15,16,17)/t6-/m0/s1.